The van der Waals surface area contributed by atoms with Crippen LogP contribution in [-0.4, -0.2) is 39.4 Å². The van der Waals surface area contributed by atoms with E-state index in [-0.39, 0.29) is 17.1 Å². The summed E-state index contributed by atoms with van der Waals surface area (Å²) in [6.07, 6.45) is 2.29. The molecule has 1 atom stereocenters. The third-order valence-electron chi connectivity index (χ3n) is 3.35. The summed E-state index contributed by atoms with van der Waals surface area (Å²) in [5, 5.41) is -0.357. The molecule has 2 amide bonds. The number of benzene rings is 1. The summed E-state index contributed by atoms with van der Waals surface area (Å²) < 4.78 is 0.745. The second kappa shape index (κ2) is 8.14. The van der Waals surface area contributed by atoms with Crippen LogP contribution in [-0.2, 0) is 4.79 Å². The fourth-order valence-electron chi connectivity index (χ4n) is 2.06. The number of likely N-dealkylation sites (tertiary alicyclic amines) is 1. The molecule has 1 aliphatic heterocycles. The molecule has 0 saturated carbocycles. The molecule has 22 heavy (non-hydrogen) atoms. The van der Waals surface area contributed by atoms with Crippen LogP contribution in [0.3, 0.4) is 0 Å². The van der Waals surface area contributed by atoms with Crippen LogP contribution in [0, 0.1) is 0 Å². The highest BCUT2D eigenvalue weighted by Gasteiger charge is 2.21. The predicted molar refractivity (Wildman–Crippen MR) is 92.5 cm³/mol. The molecule has 1 fully saturated rings. The number of carbonyl (C=O) groups excluding carboxylic acids is 2. The van der Waals surface area contributed by atoms with Crippen LogP contribution in [0.25, 0.3) is 0 Å². The topological polar surface area (TPSA) is 61.4 Å². The molecule has 7 heteroatoms. The van der Waals surface area contributed by atoms with Gasteiger partial charge in [-0.2, -0.15) is 0 Å². The zero-order valence-electron chi connectivity index (χ0n) is 12.4. The van der Waals surface area contributed by atoms with Crippen LogP contribution in [0.4, 0.5) is 0 Å². The summed E-state index contributed by atoms with van der Waals surface area (Å²) in [7, 11) is 0. The van der Waals surface area contributed by atoms with Crippen molar-refractivity contribution in [2.24, 2.45) is 0 Å². The molecule has 0 unspecified atom stereocenters. The van der Waals surface area contributed by atoms with E-state index in [9.17, 15) is 9.59 Å². The van der Waals surface area contributed by atoms with Crippen LogP contribution >= 0.6 is 24.0 Å². The SMILES string of the molecule is C[C@H](SC(=S)N1CCCC1)C(=O)NNC(=O)c1ccccc1. The zero-order chi connectivity index (χ0) is 15.9. The first kappa shape index (κ1) is 16.8. The summed E-state index contributed by atoms with van der Waals surface area (Å²) in [4.78, 5) is 26.0. The Morgan fingerprint density at radius 1 is 1.18 bits per heavy atom. The smallest absolute Gasteiger partial charge is 0.269 e. The van der Waals surface area contributed by atoms with Gasteiger partial charge in [-0.15, -0.1) is 0 Å². The minimum atomic E-state index is -0.357. The van der Waals surface area contributed by atoms with Crippen molar-refractivity contribution in [2.75, 3.05) is 13.1 Å². The van der Waals surface area contributed by atoms with Crippen molar-refractivity contribution in [3.63, 3.8) is 0 Å². The van der Waals surface area contributed by atoms with Crippen molar-refractivity contribution < 1.29 is 9.59 Å². The Hall–Kier alpha value is -1.60. The normalized spacial score (nSPS) is 15.2. The molecular formula is C15H19N3O2S2. The Bertz CT molecular complexity index is 545. The van der Waals surface area contributed by atoms with E-state index in [1.54, 1.807) is 31.2 Å². The molecular weight excluding hydrogens is 318 g/mol. The molecule has 118 valence electrons. The Kier molecular flexibility index (Phi) is 6.21. The quantitative estimate of drug-likeness (QED) is 0.652. The molecule has 1 saturated heterocycles. The molecule has 1 aromatic rings. The van der Waals surface area contributed by atoms with Gasteiger partial charge >= 0.3 is 0 Å². The molecule has 0 radical (unpaired) electrons. The molecule has 2 N–H and O–H groups in total. The van der Waals surface area contributed by atoms with Crippen molar-refractivity contribution in [1.29, 1.82) is 0 Å². The maximum Gasteiger partial charge on any atom is 0.269 e. The van der Waals surface area contributed by atoms with Gasteiger partial charge in [-0.3, -0.25) is 20.4 Å². The molecule has 2 rings (SSSR count). The molecule has 0 aromatic heterocycles. The number of thioether (sulfide) groups is 1. The average molecular weight is 337 g/mol. The van der Waals surface area contributed by atoms with Gasteiger partial charge in [0.1, 0.15) is 4.32 Å². The molecule has 1 heterocycles. The van der Waals surface area contributed by atoms with Crippen LogP contribution in [0.1, 0.15) is 30.1 Å². The van der Waals surface area contributed by atoms with E-state index < -0.39 is 0 Å². The summed E-state index contributed by atoms with van der Waals surface area (Å²) in [6, 6.07) is 8.73. The first-order valence-corrected chi connectivity index (χ1v) is 8.47. The van der Waals surface area contributed by atoms with Crippen LogP contribution in [0.15, 0.2) is 30.3 Å². The highest BCUT2D eigenvalue weighted by Crippen LogP contribution is 2.20. The van der Waals surface area contributed by atoms with E-state index in [4.69, 9.17) is 12.2 Å². The van der Waals surface area contributed by atoms with Gasteiger partial charge in [0, 0.05) is 18.7 Å². The standard InChI is InChI=1S/C15H19N3O2S2/c1-11(22-15(21)18-9-5-6-10-18)13(19)16-17-14(20)12-7-3-2-4-8-12/h2-4,7-8,11H,5-6,9-10H2,1H3,(H,16,19)(H,17,20)/t11-/m0/s1. The van der Waals surface area contributed by atoms with Crippen LogP contribution < -0.4 is 10.9 Å². The predicted octanol–water partition coefficient (Wildman–Crippen LogP) is 1.95. The highest BCUT2D eigenvalue weighted by molar-refractivity contribution is 8.23. The number of nitrogens with zero attached hydrogens (tertiary/aromatic N) is 1. The van der Waals surface area contributed by atoms with Gasteiger partial charge in [0.25, 0.3) is 11.8 Å². The lowest BCUT2D eigenvalue weighted by Gasteiger charge is -2.20. The number of carbonyl (C=O) groups is 2. The number of amides is 2. The van der Waals surface area contributed by atoms with Crippen LogP contribution in [0.2, 0.25) is 0 Å². The minimum Gasteiger partial charge on any atom is -0.358 e. The first-order chi connectivity index (χ1) is 10.6. The van der Waals surface area contributed by atoms with E-state index in [1.165, 1.54) is 11.8 Å². The lowest BCUT2D eigenvalue weighted by molar-refractivity contribution is -0.121. The maximum absolute atomic E-state index is 12.0. The Morgan fingerprint density at radius 3 is 2.45 bits per heavy atom. The molecule has 5 nitrogen and oxygen atoms in total. The van der Waals surface area contributed by atoms with E-state index in [0.29, 0.717) is 5.56 Å². The van der Waals surface area contributed by atoms with Gasteiger partial charge in [-0.1, -0.05) is 42.2 Å². The van der Waals surface area contributed by atoms with Crippen molar-refractivity contribution >= 4 is 40.1 Å². The Morgan fingerprint density at radius 2 is 1.82 bits per heavy atom. The van der Waals surface area contributed by atoms with Gasteiger partial charge in [0.2, 0.25) is 0 Å². The largest absolute Gasteiger partial charge is 0.358 e. The summed E-state index contributed by atoms with van der Waals surface area (Å²) >= 11 is 6.69. The van der Waals surface area contributed by atoms with Gasteiger partial charge < -0.3 is 4.90 Å². The van der Waals surface area contributed by atoms with E-state index >= 15 is 0 Å². The highest BCUT2D eigenvalue weighted by atomic mass is 32.2. The first-order valence-electron chi connectivity index (χ1n) is 7.18. The monoisotopic (exact) mass is 337 g/mol. The second-order valence-electron chi connectivity index (χ2n) is 5.03. The van der Waals surface area contributed by atoms with Crippen molar-refractivity contribution in [2.45, 2.75) is 25.0 Å². The molecule has 0 spiro atoms. The van der Waals surface area contributed by atoms with Gasteiger partial charge in [-0.25, -0.2) is 0 Å². The minimum absolute atomic E-state index is 0.268. The third kappa shape index (κ3) is 4.71. The Labute approximate surface area is 139 Å². The molecule has 1 aromatic carbocycles. The van der Waals surface area contributed by atoms with E-state index in [0.717, 1.165) is 30.3 Å². The third-order valence-corrected chi connectivity index (χ3v) is 4.92. The number of hydrazine groups is 1. The summed E-state index contributed by atoms with van der Waals surface area (Å²) in [6.45, 7) is 3.70. The van der Waals surface area contributed by atoms with Crippen LogP contribution in [0.5, 0.6) is 0 Å². The van der Waals surface area contributed by atoms with E-state index in [1.807, 2.05) is 6.07 Å². The lowest BCUT2D eigenvalue weighted by Crippen LogP contribution is -2.45. The van der Waals surface area contributed by atoms with Gasteiger partial charge in [-0.05, 0) is 31.9 Å². The van der Waals surface area contributed by atoms with Crippen molar-refractivity contribution in [3.8, 4) is 0 Å². The molecule has 0 aliphatic carbocycles. The number of hydrogen-bond donors (Lipinski definition) is 2. The fourth-order valence-corrected chi connectivity index (χ4v) is 3.48. The number of thiocarbonyl (C=S) groups is 1. The zero-order valence-corrected chi connectivity index (χ0v) is 14.0. The lowest BCUT2D eigenvalue weighted by atomic mass is 10.2. The number of rotatable bonds is 3. The summed E-state index contributed by atoms with van der Waals surface area (Å²) in [5.41, 5.74) is 5.35. The van der Waals surface area contributed by atoms with E-state index in [2.05, 4.69) is 15.8 Å². The van der Waals surface area contributed by atoms with Crippen molar-refractivity contribution in [3.05, 3.63) is 35.9 Å². The van der Waals surface area contributed by atoms with Gasteiger partial charge in [0.15, 0.2) is 0 Å². The van der Waals surface area contributed by atoms with Crippen molar-refractivity contribution in [1.82, 2.24) is 15.8 Å². The summed E-state index contributed by atoms with van der Waals surface area (Å²) in [5.74, 6) is -0.607. The number of nitrogens with one attached hydrogen (secondary N) is 2. The molecule has 1 aliphatic rings. The fraction of sp³-hybridized carbons (Fsp3) is 0.400. The average Bonchev–Trinajstić information content (AvgIpc) is 3.07. The Balaban J connectivity index is 1.76. The molecule has 0 bridgehead atoms. The maximum atomic E-state index is 12.0. The number of hydrogen-bond acceptors (Lipinski definition) is 4. The van der Waals surface area contributed by atoms with Gasteiger partial charge in [0.05, 0.1) is 5.25 Å². The second-order valence-corrected chi connectivity index (χ2v) is 7.00.